The topological polar surface area (TPSA) is 40.5 Å². The zero-order valence-electron chi connectivity index (χ0n) is 8.35. The van der Waals surface area contributed by atoms with E-state index in [4.69, 9.17) is 11.6 Å². The lowest BCUT2D eigenvalue weighted by Gasteiger charge is -2.19. The van der Waals surface area contributed by atoms with E-state index in [0.717, 1.165) is 5.56 Å². The molecule has 80 valence electrons. The van der Waals surface area contributed by atoms with Crippen molar-refractivity contribution in [1.82, 2.24) is 4.90 Å². The largest absolute Gasteiger partial charge is 0.383 e. The van der Waals surface area contributed by atoms with E-state index in [0.29, 0.717) is 11.4 Å². The van der Waals surface area contributed by atoms with Crippen LogP contribution in [-0.2, 0) is 4.79 Å². The maximum absolute atomic E-state index is 11.4. The first-order valence-corrected chi connectivity index (χ1v) is 5.17. The number of benzene rings is 1. The fourth-order valence-corrected chi connectivity index (χ4v) is 2.03. The van der Waals surface area contributed by atoms with Gasteiger partial charge in [0.15, 0.2) is 0 Å². The van der Waals surface area contributed by atoms with Crippen LogP contribution in [0.1, 0.15) is 18.0 Å². The first kappa shape index (κ1) is 10.5. The summed E-state index contributed by atoms with van der Waals surface area (Å²) in [7, 11) is 1.71. The number of aliphatic hydroxyl groups is 1. The normalized spacial score (nSPS) is 26.1. The molecule has 1 aromatic carbocycles. The summed E-state index contributed by atoms with van der Waals surface area (Å²) < 4.78 is 0. The van der Waals surface area contributed by atoms with Crippen molar-refractivity contribution in [1.29, 1.82) is 0 Å². The molecule has 0 bridgehead atoms. The number of hydrogen-bond acceptors (Lipinski definition) is 2. The van der Waals surface area contributed by atoms with Gasteiger partial charge >= 0.3 is 0 Å². The van der Waals surface area contributed by atoms with Crippen LogP contribution >= 0.6 is 11.6 Å². The molecule has 1 aliphatic heterocycles. The van der Waals surface area contributed by atoms with Gasteiger partial charge in [0.2, 0.25) is 0 Å². The summed E-state index contributed by atoms with van der Waals surface area (Å²) in [4.78, 5) is 13.0. The number of likely N-dealkylation sites (tertiary alicyclic amines) is 1. The molecule has 1 saturated heterocycles. The van der Waals surface area contributed by atoms with Crippen LogP contribution in [0.3, 0.4) is 0 Å². The number of carbonyl (C=O) groups excluding carboxylic acids is 1. The average Bonchev–Trinajstić information content (AvgIpc) is 2.47. The number of nitrogens with zero attached hydrogens (tertiary/aromatic N) is 1. The van der Waals surface area contributed by atoms with Crippen molar-refractivity contribution in [3.8, 4) is 0 Å². The minimum Gasteiger partial charge on any atom is -0.383 e. The van der Waals surface area contributed by atoms with Crippen LogP contribution in [0.25, 0.3) is 0 Å². The molecule has 1 N–H and O–H groups in total. The highest BCUT2D eigenvalue weighted by Crippen LogP contribution is 2.31. The number of halogens is 1. The standard InChI is InChI=1S/C11H12ClNO2/c1-13-9(6-10(14)11(13)15)7-2-4-8(12)5-3-7/h2-5,9-10,14H,6H2,1H3/t9-,10+/m1/s1. The second kappa shape index (κ2) is 3.83. The van der Waals surface area contributed by atoms with E-state index in [-0.39, 0.29) is 11.9 Å². The molecule has 0 unspecified atom stereocenters. The smallest absolute Gasteiger partial charge is 0.251 e. The highest BCUT2D eigenvalue weighted by Gasteiger charge is 2.36. The quantitative estimate of drug-likeness (QED) is 0.789. The number of likely N-dealkylation sites (N-methyl/N-ethyl adjacent to an activating group) is 1. The summed E-state index contributed by atoms with van der Waals surface area (Å²) >= 11 is 5.78. The van der Waals surface area contributed by atoms with Crippen molar-refractivity contribution < 1.29 is 9.90 Å². The van der Waals surface area contributed by atoms with Crippen LogP contribution in [0, 0.1) is 0 Å². The number of carbonyl (C=O) groups is 1. The van der Waals surface area contributed by atoms with Crippen LogP contribution in [0.2, 0.25) is 5.02 Å². The molecule has 1 heterocycles. The summed E-state index contributed by atoms with van der Waals surface area (Å²) in [5, 5.41) is 10.1. The molecule has 1 aliphatic rings. The van der Waals surface area contributed by atoms with Crippen molar-refractivity contribution in [3.05, 3.63) is 34.9 Å². The van der Waals surface area contributed by atoms with Gasteiger partial charge in [0.05, 0.1) is 6.04 Å². The van der Waals surface area contributed by atoms with Crippen LogP contribution in [0.5, 0.6) is 0 Å². The van der Waals surface area contributed by atoms with Crippen molar-refractivity contribution >= 4 is 17.5 Å². The summed E-state index contributed by atoms with van der Waals surface area (Å²) in [6.07, 6.45) is -0.410. The Morgan fingerprint density at radius 1 is 1.40 bits per heavy atom. The first-order valence-electron chi connectivity index (χ1n) is 4.80. The predicted octanol–water partition coefficient (Wildman–Crippen LogP) is 1.60. The molecule has 0 saturated carbocycles. The van der Waals surface area contributed by atoms with Crippen molar-refractivity contribution in [3.63, 3.8) is 0 Å². The van der Waals surface area contributed by atoms with E-state index in [9.17, 15) is 9.90 Å². The van der Waals surface area contributed by atoms with Crippen molar-refractivity contribution in [2.45, 2.75) is 18.6 Å². The monoisotopic (exact) mass is 225 g/mol. The number of amides is 1. The van der Waals surface area contributed by atoms with Crippen molar-refractivity contribution in [2.75, 3.05) is 7.05 Å². The van der Waals surface area contributed by atoms with Gasteiger partial charge in [-0.25, -0.2) is 0 Å². The molecule has 0 spiro atoms. The molecule has 2 atom stereocenters. The van der Waals surface area contributed by atoms with Gasteiger partial charge in [-0.3, -0.25) is 4.79 Å². The zero-order chi connectivity index (χ0) is 11.0. The van der Waals surface area contributed by atoms with E-state index >= 15 is 0 Å². The van der Waals surface area contributed by atoms with Crippen molar-refractivity contribution in [2.24, 2.45) is 0 Å². The fraction of sp³-hybridized carbons (Fsp3) is 0.364. The lowest BCUT2D eigenvalue weighted by Crippen LogP contribution is -2.26. The third-order valence-electron chi connectivity index (χ3n) is 2.80. The van der Waals surface area contributed by atoms with Crippen LogP contribution in [-0.4, -0.2) is 29.1 Å². The van der Waals surface area contributed by atoms with Gasteiger partial charge in [-0.2, -0.15) is 0 Å². The van der Waals surface area contributed by atoms with E-state index in [1.807, 2.05) is 12.1 Å². The Morgan fingerprint density at radius 3 is 2.47 bits per heavy atom. The second-order valence-electron chi connectivity index (χ2n) is 3.77. The molecule has 0 radical (unpaired) electrons. The Kier molecular flexibility index (Phi) is 2.67. The zero-order valence-corrected chi connectivity index (χ0v) is 9.11. The van der Waals surface area contributed by atoms with Crippen LogP contribution in [0.15, 0.2) is 24.3 Å². The maximum Gasteiger partial charge on any atom is 0.251 e. The van der Waals surface area contributed by atoms with Crippen LogP contribution in [0.4, 0.5) is 0 Å². The third kappa shape index (κ3) is 1.85. The molecular formula is C11H12ClNO2. The molecule has 15 heavy (non-hydrogen) atoms. The number of aliphatic hydroxyl groups excluding tert-OH is 1. The minimum atomic E-state index is -0.865. The minimum absolute atomic E-state index is 0.0373. The lowest BCUT2D eigenvalue weighted by molar-refractivity contribution is -0.134. The summed E-state index contributed by atoms with van der Waals surface area (Å²) in [5.41, 5.74) is 1.01. The number of hydrogen-bond donors (Lipinski definition) is 1. The van der Waals surface area contributed by atoms with Crippen LogP contribution < -0.4 is 0 Å². The van der Waals surface area contributed by atoms with Gasteiger partial charge in [0, 0.05) is 18.5 Å². The average molecular weight is 226 g/mol. The van der Waals surface area contributed by atoms with Gasteiger partial charge in [0.1, 0.15) is 6.10 Å². The van der Waals surface area contributed by atoms with Gasteiger partial charge < -0.3 is 10.0 Å². The highest BCUT2D eigenvalue weighted by molar-refractivity contribution is 6.30. The summed E-state index contributed by atoms with van der Waals surface area (Å²) in [5.74, 6) is -0.213. The van der Waals surface area contributed by atoms with E-state index < -0.39 is 6.10 Å². The molecule has 0 aliphatic carbocycles. The Bertz CT molecular complexity index is 377. The SMILES string of the molecule is CN1C(=O)[C@@H](O)C[C@@H]1c1ccc(Cl)cc1. The van der Waals surface area contributed by atoms with Gasteiger partial charge in [-0.1, -0.05) is 23.7 Å². The molecule has 0 aromatic heterocycles. The molecule has 1 fully saturated rings. The Hall–Kier alpha value is -1.06. The van der Waals surface area contributed by atoms with E-state index in [2.05, 4.69) is 0 Å². The molecule has 3 nitrogen and oxygen atoms in total. The highest BCUT2D eigenvalue weighted by atomic mass is 35.5. The van der Waals surface area contributed by atoms with Gasteiger partial charge in [0.25, 0.3) is 5.91 Å². The third-order valence-corrected chi connectivity index (χ3v) is 3.05. The summed E-state index contributed by atoms with van der Waals surface area (Å²) in [6.45, 7) is 0. The molecule has 2 rings (SSSR count). The Labute approximate surface area is 93.3 Å². The molecule has 1 aromatic rings. The second-order valence-corrected chi connectivity index (χ2v) is 4.20. The molecular weight excluding hydrogens is 214 g/mol. The van der Waals surface area contributed by atoms with Gasteiger partial charge in [-0.15, -0.1) is 0 Å². The maximum atomic E-state index is 11.4. The van der Waals surface area contributed by atoms with Gasteiger partial charge in [-0.05, 0) is 17.7 Å². The predicted molar refractivity (Wildman–Crippen MR) is 57.6 cm³/mol. The molecule has 4 heteroatoms. The molecule has 1 amide bonds. The Balaban J connectivity index is 2.25. The van der Waals surface area contributed by atoms with E-state index in [1.165, 1.54) is 0 Å². The Morgan fingerprint density at radius 2 is 2.00 bits per heavy atom. The first-order chi connectivity index (χ1) is 7.09. The fourth-order valence-electron chi connectivity index (χ4n) is 1.90. The number of rotatable bonds is 1. The van der Waals surface area contributed by atoms with E-state index in [1.54, 1.807) is 24.1 Å². The lowest BCUT2D eigenvalue weighted by atomic mass is 10.0. The summed E-state index contributed by atoms with van der Waals surface area (Å²) in [6, 6.07) is 7.31.